The Kier molecular flexibility index (Phi) is 3.83. The van der Waals surface area contributed by atoms with E-state index in [1.54, 1.807) is 6.20 Å². The number of benzene rings is 1. The predicted octanol–water partition coefficient (Wildman–Crippen LogP) is 1.97. The van der Waals surface area contributed by atoms with E-state index in [0.717, 1.165) is 50.3 Å². The minimum absolute atomic E-state index is 0.300. The zero-order chi connectivity index (χ0) is 16.7. The fraction of sp³-hybridized carbons (Fsp3) is 0.444. The van der Waals surface area contributed by atoms with E-state index in [1.165, 1.54) is 12.1 Å². The van der Waals surface area contributed by atoms with Crippen molar-refractivity contribution in [3.8, 4) is 6.07 Å². The van der Waals surface area contributed by atoms with Crippen LogP contribution in [0.2, 0.25) is 0 Å². The van der Waals surface area contributed by atoms with Crippen LogP contribution in [0.3, 0.4) is 0 Å². The molecule has 124 valence electrons. The molecule has 5 nitrogen and oxygen atoms in total. The van der Waals surface area contributed by atoms with Crippen LogP contribution in [0.5, 0.6) is 0 Å². The number of pyridine rings is 1. The Hall–Kier alpha value is -2.23. The highest BCUT2D eigenvalue weighted by molar-refractivity contribution is 5.95. The van der Waals surface area contributed by atoms with Crippen molar-refractivity contribution in [2.24, 2.45) is 0 Å². The molecule has 1 N–H and O–H groups in total. The van der Waals surface area contributed by atoms with Gasteiger partial charge in [0.15, 0.2) is 0 Å². The molecule has 3 saturated heterocycles. The van der Waals surface area contributed by atoms with Crippen molar-refractivity contribution < 1.29 is 4.39 Å². The summed E-state index contributed by atoms with van der Waals surface area (Å²) in [6.45, 7) is 8.12. The maximum atomic E-state index is 13.9. The second-order valence-electron chi connectivity index (χ2n) is 6.65. The summed E-state index contributed by atoms with van der Waals surface area (Å²) in [4.78, 5) is 9.31. The zero-order valence-electron chi connectivity index (χ0n) is 13.7. The second kappa shape index (κ2) is 6.00. The number of nitrogens with one attached hydrogen (secondary N) is 1. The highest BCUT2D eigenvalue weighted by atomic mass is 19.1. The molecule has 1 aromatic heterocycles. The summed E-state index contributed by atoms with van der Waals surface area (Å²) in [5, 5.41) is 13.5. The second-order valence-corrected chi connectivity index (χ2v) is 6.65. The van der Waals surface area contributed by atoms with Crippen LogP contribution in [0, 0.1) is 24.1 Å². The van der Waals surface area contributed by atoms with Crippen LogP contribution in [0.4, 0.5) is 10.1 Å². The van der Waals surface area contributed by atoms with Gasteiger partial charge in [-0.2, -0.15) is 5.26 Å². The molecule has 0 amide bonds. The lowest BCUT2D eigenvalue weighted by Crippen LogP contribution is -2.62. The van der Waals surface area contributed by atoms with Crippen LogP contribution < -0.4 is 5.32 Å². The number of hydrogen-bond donors (Lipinski definition) is 1. The number of aromatic nitrogens is 1. The first-order chi connectivity index (χ1) is 11.7. The van der Waals surface area contributed by atoms with Gasteiger partial charge in [0.05, 0.1) is 16.8 Å². The number of halogens is 1. The molecule has 1 unspecified atom stereocenters. The third kappa shape index (κ3) is 2.60. The van der Waals surface area contributed by atoms with E-state index in [2.05, 4.69) is 26.2 Å². The number of hydrogen-bond acceptors (Lipinski definition) is 5. The Labute approximate surface area is 140 Å². The average molecular weight is 325 g/mol. The summed E-state index contributed by atoms with van der Waals surface area (Å²) in [7, 11) is 0. The van der Waals surface area contributed by atoms with Gasteiger partial charge in [-0.3, -0.25) is 14.8 Å². The number of nitriles is 1. The van der Waals surface area contributed by atoms with Crippen molar-refractivity contribution in [3.05, 3.63) is 35.3 Å². The number of piperazine rings is 3. The molecule has 5 rings (SSSR count). The van der Waals surface area contributed by atoms with Gasteiger partial charge in [0.1, 0.15) is 11.9 Å². The molecule has 0 saturated carbocycles. The molecule has 3 aliphatic heterocycles. The molecule has 4 heterocycles. The molecule has 1 aromatic carbocycles. The Morgan fingerprint density at radius 1 is 1.33 bits per heavy atom. The van der Waals surface area contributed by atoms with Gasteiger partial charge in [-0.05, 0) is 24.6 Å². The third-order valence-electron chi connectivity index (χ3n) is 5.15. The van der Waals surface area contributed by atoms with Crippen LogP contribution in [0.15, 0.2) is 18.3 Å². The monoisotopic (exact) mass is 325 g/mol. The number of nitrogens with zero attached hydrogens (tertiary/aromatic N) is 4. The summed E-state index contributed by atoms with van der Waals surface area (Å²) < 4.78 is 13.9. The standard InChI is InChI=1S/C18H20FN5/c1-12-6-14(19)7-16-17(12)21-9-13(8-20)18(16)22-10-15-11-23-2-4-24(15)5-3-23/h6-7,9,15H,2-5,10-11H2,1H3,(H,21,22). The van der Waals surface area contributed by atoms with E-state index in [4.69, 9.17) is 0 Å². The van der Waals surface area contributed by atoms with E-state index >= 15 is 0 Å². The largest absolute Gasteiger partial charge is 0.382 e. The lowest BCUT2D eigenvalue weighted by Gasteiger charge is -2.47. The highest BCUT2D eigenvalue weighted by Crippen LogP contribution is 2.29. The van der Waals surface area contributed by atoms with Crippen LogP contribution in [0.1, 0.15) is 11.1 Å². The Bertz CT molecular complexity index is 820. The van der Waals surface area contributed by atoms with Gasteiger partial charge in [0.25, 0.3) is 0 Å². The molecular formula is C18H20FN5. The lowest BCUT2D eigenvalue weighted by molar-refractivity contribution is 0.0189. The van der Waals surface area contributed by atoms with E-state index in [0.29, 0.717) is 22.7 Å². The molecule has 3 fully saturated rings. The van der Waals surface area contributed by atoms with Gasteiger partial charge in [-0.15, -0.1) is 0 Å². The van der Waals surface area contributed by atoms with Crippen LogP contribution in [0.25, 0.3) is 10.9 Å². The van der Waals surface area contributed by atoms with Gasteiger partial charge in [-0.1, -0.05) is 0 Å². The zero-order valence-corrected chi connectivity index (χ0v) is 13.7. The first-order valence-corrected chi connectivity index (χ1v) is 8.35. The quantitative estimate of drug-likeness (QED) is 0.935. The minimum Gasteiger partial charge on any atom is -0.382 e. The van der Waals surface area contributed by atoms with Gasteiger partial charge < -0.3 is 5.32 Å². The van der Waals surface area contributed by atoms with Gasteiger partial charge >= 0.3 is 0 Å². The summed E-state index contributed by atoms with van der Waals surface area (Å²) in [5.41, 5.74) is 2.68. The van der Waals surface area contributed by atoms with Crippen molar-refractivity contribution in [3.63, 3.8) is 0 Å². The minimum atomic E-state index is -0.300. The third-order valence-corrected chi connectivity index (χ3v) is 5.15. The molecule has 0 spiro atoms. The van der Waals surface area contributed by atoms with Crippen LogP contribution in [-0.4, -0.2) is 60.1 Å². The van der Waals surface area contributed by atoms with E-state index in [1.807, 2.05) is 6.92 Å². The Balaban J connectivity index is 1.66. The van der Waals surface area contributed by atoms with Crippen LogP contribution in [-0.2, 0) is 0 Å². The van der Waals surface area contributed by atoms with Gasteiger partial charge in [-0.25, -0.2) is 4.39 Å². The van der Waals surface area contributed by atoms with Gasteiger partial charge in [0, 0.05) is 56.9 Å². The van der Waals surface area contributed by atoms with Crippen molar-refractivity contribution in [2.45, 2.75) is 13.0 Å². The van der Waals surface area contributed by atoms with Crippen molar-refractivity contribution >= 4 is 16.6 Å². The first kappa shape index (κ1) is 15.3. The summed E-state index contributed by atoms with van der Waals surface area (Å²) in [6, 6.07) is 5.55. The molecule has 6 heteroatoms. The number of anilines is 1. The Morgan fingerprint density at radius 3 is 2.79 bits per heavy atom. The predicted molar refractivity (Wildman–Crippen MR) is 91.4 cm³/mol. The van der Waals surface area contributed by atoms with E-state index < -0.39 is 0 Å². The Morgan fingerprint density at radius 2 is 2.12 bits per heavy atom. The van der Waals surface area contributed by atoms with Crippen molar-refractivity contribution in [1.82, 2.24) is 14.8 Å². The SMILES string of the molecule is Cc1cc(F)cc2c(NCC3CN4CCN3CC4)c(C#N)cnc12. The number of aryl methyl sites for hydroxylation is 1. The molecule has 1 atom stereocenters. The van der Waals surface area contributed by atoms with Crippen molar-refractivity contribution in [2.75, 3.05) is 44.6 Å². The summed E-state index contributed by atoms with van der Waals surface area (Å²) in [5.74, 6) is -0.300. The molecule has 2 aromatic rings. The summed E-state index contributed by atoms with van der Waals surface area (Å²) in [6.07, 6.45) is 1.58. The summed E-state index contributed by atoms with van der Waals surface area (Å²) >= 11 is 0. The van der Waals surface area contributed by atoms with E-state index in [9.17, 15) is 9.65 Å². The topological polar surface area (TPSA) is 55.2 Å². The lowest BCUT2D eigenvalue weighted by atomic mass is 10.0. The maximum Gasteiger partial charge on any atom is 0.124 e. The average Bonchev–Trinajstić information content (AvgIpc) is 2.60. The maximum absolute atomic E-state index is 13.9. The smallest absolute Gasteiger partial charge is 0.124 e. The van der Waals surface area contributed by atoms with Crippen LogP contribution >= 0.6 is 0 Å². The molecule has 2 bridgehead atoms. The van der Waals surface area contributed by atoms with Crippen molar-refractivity contribution in [1.29, 1.82) is 5.26 Å². The first-order valence-electron chi connectivity index (χ1n) is 8.35. The normalized spacial score (nSPS) is 25.6. The van der Waals surface area contributed by atoms with E-state index in [-0.39, 0.29) is 5.82 Å². The highest BCUT2D eigenvalue weighted by Gasteiger charge is 2.31. The van der Waals surface area contributed by atoms with Gasteiger partial charge in [0.2, 0.25) is 0 Å². The molecule has 3 aliphatic rings. The fourth-order valence-corrected chi connectivity index (χ4v) is 3.85. The molecule has 24 heavy (non-hydrogen) atoms. The fourth-order valence-electron chi connectivity index (χ4n) is 3.85. The molecule has 0 radical (unpaired) electrons. The number of fused-ring (bicyclic) bond motifs is 4. The number of rotatable bonds is 3. The molecule has 0 aliphatic carbocycles. The molecular weight excluding hydrogens is 305 g/mol.